The van der Waals surface area contributed by atoms with Gasteiger partial charge in [-0.3, -0.25) is 10.1 Å². The summed E-state index contributed by atoms with van der Waals surface area (Å²) in [4.78, 5) is 14.9. The number of hydrogen-bond donors (Lipinski definition) is 0. The monoisotopic (exact) mass is 312 g/mol. The van der Waals surface area contributed by atoms with Crippen LogP contribution < -0.4 is 4.74 Å². The molecule has 0 bridgehead atoms. The predicted molar refractivity (Wildman–Crippen MR) is 85.0 cm³/mol. The second-order valence-electron chi connectivity index (χ2n) is 4.54. The number of hydrogen-bond acceptors (Lipinski definition) is 5. The van der Waals surface area contributed by atoms with Crippen molar-refractivity contribution in [3.05, 3.63) is 75.1 Å². The van der Waals surface area contributed by atoms with Crippen LogP contribution in [0.1, 0.15) is 5.01 Å². The summed E-state index contributed by atoms with van der Waals surface area (Å²) in [6.07, 6.45) is 0. The van der Waals surface area contributed by atoms with Crippen LogP contribution in [0.25, 0.3) is 11.3 Å². The van der Waals surface area contributed by atoms with Crippen molar-refractivity contribution in [2.75, 3.05) is 0 Å². The number of ether oxygens (including phenoxy) is 1. The summed E-state index contributed by atoms with van der Waals surface area (Å²) in [5.74, 6) is 0.787. The Morgan fingerprint density at radius 1 is 1.14 bits per heavy atom. The molecule has 0 aliphatic rings. The van der Waals surface area contributed by atoms with Gasteiger partial charge in [-0.2, -0.15) is 0 Å². The van der Waals surface area contributed by atoms with Gasteiger partial charge >= 0.3 is 0 Å². The van der Waals surface area contributed by atoms with Crippen LogP contribution in [0, 0.1) is 10.1 Å². The van der Waals surface area contributed by atoms with Gasteiger partial charge in [0.15, 0.2) is 0 Å². The SMILES string of the molecule is O=[N+]([O-])c1cccc(-c2csc(COc3ccccc3)n2)c1. The van der Waals surface area contributed by atoms with E-state index in [0.29, 0.717) is 6.61 Å². The molecule has 0 unspecified atom stereocenters. The molecule has 6 heteroatoms. The first kappa shape index (κ1) is 14.2. The van der Waals surface area contributed by atoms with Gasteiger partial charge in [-0.1, -0.05) is 30.3 Å². The van der Waals surface area contributed by atoms with E-state index in [-0.39, 0.29) is 5.69 Å². The summed E-state index contributed by atoms with van der Waals surface area (Å²) >= 11 is 1.47. The zero-order valence-corrected chi connectivity index (χ0v) is 12.3. The molecule has 0 N–H and O–H groups in total. The number of para-hydroxylation sites is 1. The van der Waals surface area contributed by atoms with Crippen LogP contribution in [0.3, 0.4) is 0 Å². The number of nitro groups is 1. The van der Waals surface area contributed by atoms with E-state index in [1.54, 1.807) is 6.07 Å². The van der Waals surface area contributed by atoms with Crippen molar-refractivity contribution in [2.45, 2.75) is 6.61 Å². The number of nitro benzene ring substituents is 1. The summed E-state index contributed by atoms with van der Waals surface area (Å²) in [5, 5.41) is 13.5. The van der Waals surface area contributed by atoms with E-state index in [1.807, 2.05) is 41.8 Å². The molecule has 0 saturated heterocycles. The van der Waals surface area contributed by atoms with Crippen molar-refractivity contribution >= 4 is 17.0 Å². The highest BCUT2D eigenvalue weighted by atomic mass is 32.1. The standard InChI is InChI=1S/C16H12N2O3S/c19-18(20)13-6-4-5-12(9-13)15-11-22-16(17-15)10-21-14-7-2-1-3-8-14/h1-9,11H,10H2. The fourth-order valence-corrected chi connectivity index (χ4v) is 2.66. The zero-order valence-electron chi connectivity index (χ0n) is 11.5. The van der Waals surface area contributed by atoms with Crippen LogP contribution in [-0.4, -0.2) is 9.91 Å². The van der Waals surface area contributed by atoms with Gasteiger partial charge in [0.2, 0.25) is 0 Å². The number of aromatic nitrogens is 1. The van der Waals surface area contributed by atoms with Crippen LogP contribution in [-0.2, 0) is 6.61 Å². The average Bonchev–Trinajstić information content (AvgIpc) is 3.03. The summed E-state index contributed by atoms with van der Waals surface area (Å²) in [7, 11) is 0. The van der Waals surface area contributed by atoms with Gasteiger partial charge < -0.3 is 4.74 Å². The molecule has 2 aromatic carbocycles. The largest absolute Gasteiger partial charge is 0.486 e. The first-order valence-electron chi connectivity index (χ1n) is 6.59. The van der Waals surface area contributed by atoms with Crippen molar-refractivity contribution in [1.82, 2.24) is 4.98 Å². The lowest BCUT2D eigenvalue weighted by Gasteiger charge is -2.02. The van der Waals surface area contributed by atoms with Gasteiger partial charge in [0.05, 0.1) is 10.6 Å². The third-order valence-corrected chi connectivity index (χ3v) is 3.83. The Kier molecular flexibility index (Phi) is 4.11. The summed E-state index contributed by atoms with van der Waals surface area (Å²) in [6.45, 7) is 0.379. The van der Waals surface area contributed by atoms with E-state index in [0.717, 1.165) is 22.0 Å². The minimum Gasteiger partial charge on any atom is -0.486 e. The van der Waals surface area contributed by atoms with E-state index in [2.05, 4.69) is 4.98 Å². The van der Waals surface area contributed by atoms with Crippen molar-refractivity contribution in [2.24, 2.45) is 0 Å². The third-order valence-electron chi connectivity index (χ3n) is 3.01. The van der Waals surface area contributed by atoms with Gasteiger partial charge in [-0.25, -0.2) is 4.98 Å². The molecule has 0 aliphatic carbocycles. The maximum Gasteiger partial charge on any atom is 0.270 e. The molecule has 0 aliphatic heterocycles. The number of nitrogens with zero attached hydrogens (tertiary/aromatic N) is 2. The van der Waals surface area contributed by atoms with Crippen LogP contribution in [0.5, 0.6) is 5.75 Å². The van der Waals surface area contributed by atoms with Crippen LogP contribution >= 0.6 is 11.3 Å². The van der Waals surface area contributed by atoms with Crippen LogP contribution in [0.2, 0.25) is 0 Å². The molecule has 0 radical (unpaired) electrons. The molecule has 0 atom stereocenters. The molecule has 3 aromatic rings. The summed E-state index contributed by atoms with van der Waals surface area (Å²) < 4.78 is 5.64. The molecule has 0 fully saturated rings. The van der Waals surface area contributed by atoms with Crippen molar-refractivity contribution in [3.8, 4) is 17.0 Å². The minimum atomic E-state index is -0.407. The fourth-order valence-electron chi connectivity index (χ4n) is 1.95. The molecule has 22 heavy (non-hydrogen) atoms. The molecule has 1 aromatic heterocycles. The third kappa shape index (κ3) is 3.29. The van der Waals surface area contributed by atoms with Gasteiger partial charge in [0.25, 0.3) is 5.69 Å². The van der Waals surface area contributed by atoms with E-state index in [1.165, 1.54) is 23.5 Å². The molecule has 0 saturated carbocycles. The second-order valence-corrected chi connectivity index (χ2v) is 5.48. The fraction of sp³-hybridized carbons (Fsp3) is 0.0625. The van der Waals surface area contributed by atoms with Crippen molar-refractivity contribution < 1.29 is 9.66 Å². The molecule has 110 valence electrons. The lowest BCUT2D eigenvalue weighted by Crippen LogP contribution is -1.94. The van der Waals surface area contributed by atoms with E-state index in [9.17, 15) is 10.1 Å². The topological polar surface area (TPSA) is 65.3 Å². The van der Waals surface area contributed by atoms with Crippen molar-refractivity contribution in [1.29, 1.82) is 0 Å². The molecule has 3 rings (SSSR count). The first-order chi connectivity index (χ1) is 10.7. The van der Waals surface area contributed by atoms with Gasteiger partial charge in [0.1, 0.15) is 17.4 Å². The maximum atomic E-state index is 10.8. The smallest absolute Gasteiger partial charge is 0.270 e. The Hall–Kier alpha value is -2.73. The van der Waals surface area contributed by atoms with Crippen LogP contribution in [0.15, 0.2) is 60.0 Å². The lowest BCUT2D eigenvalue weighted by molar-refractivity contribution is -0.384. The number of rotatable bonds is 5. The Bertz CT molecular complexity index is 787. The van der Waals surface area contributed by atoms with E-state index >= 15 is 0 Å². The number of benzene rings is 2. The minimum absolute atomic E-state index is 0.0626. The number of non-ortho nitro benzene ring substituents is 1. The maximum absolute atomic E-state index is 10.8. The zero-order chi connectivity index (χ0) is 15.4. The van der Waals surface area contributed by atoms with Crippen molar-refractivity contribution in [3.63, 3.8) is 0 Å². The highest BCUT2D eigenvalue weighted by molar-refractivity contribution is 7.09. The Morgan fingerprint density at radius 2 is 1.95 bits per heavy atom. The predicted octanol–water partition coefficient (Wildman–Crippen LogP) is 4.30. The quantitative estimate of drug-likeness (QED) is 0.520. The molecule has 0 amide bonds. The number of thiazole rings is 1. The van der Waals surface area contributed by atoms with Gasteiger partial charge in [0, 0.05) is 23.1 Å². The normalized spacial score (nSPS) is 10.4. The average molecular weight is 312 g/mol. The Balaban J connectivity index is 1.73. The Labute approximate surface area is 131 Å². The molecule has 1 heterocycles. The lowest BCUT2D eigenvalue weighted by atomic mass is 10.1. The second kappa shape index (κ2) is 6.36. The molecular formula is C16H12N2O3S. The van der Waals surface area contributed by atoms with E-state index in [4.69, 9.17) is 4.74 Å². The molecular weight excluding hydrogens is 300 g/mol. The summed E-state index contributed by atoms with van der Waals surface area (Å²) in [5.41, 5.74) is 1.52. The van der Waals surface area contributed by atoms with E-state index < -0.39 is 4.92 Å². The Morgan fingerprint density at radius 3 is 2.73 bits per heavy atom. The highest BCUT2D eigenvalue weighted by Crippen LogP contribution is 2.25. The highest BCUT2D eigenvalue weighted by Gasteiger charge is 2.10. The molecule has 5 nitrogen and oxygen atoms in total. The summed E-state index contributed by atoms with van der Waals surface area (Å²) in [6, 6.07) is 16.0. The first-order valence-corrected chi connectivity index (χ1v) is 7.47. The van der Waals surface area contributed by atoms with Gasteiger partial charge in [-0.15, -0.1) is 11.3 Å². The van der Waals surface area contributed by atoms with Crippen LogP contribution in [0.4, 0.5) is 5.69 Å². The molecule has 0 spiro atoms. The van der Waals surface area contributed by atoms with Gasteiger partial charge in [-0.05, 0) is 12.1 Å².